The predicted octanol–water partition coefficient (Wildman–Crippen LogP) is 2.03. The summed E-state index contributed by atoms with van der Waals surface area (Å²) >= 11 is 3.55. The minimum atomic E-state index is -0.124. The molecule has 0 saturated carbocycles. The molecule has 0 aliphatic carbocycles. The fourth-order valence-electron chi connectivity index (χ4n) is 0.662. The zero-order valence-corrected chi connectivity index (χ0v) is 9.46. The van der Waals surface area contributed by atoms with Crippen LogP contribution < -0.4 is 0 Å². The smallest absolute Gasteiger partial charge is 0.318 e. The van der Waals surface area contributed by atoms with E-state index in [0.717, 1.165) is 17.3 Å². The first-order valence-electron chi connectivity index (χ1n) is 3.99. The molecule has 0 saturated heterocycles. The van der Waals surface area contributed by atoms with E-state index in [9.17, 15) is 4.79 Å². The molecule has 4 heteroatoms. The minimum Gasteiger partial charge on any atom is -0.468 e. The predicted molar refractivity (Wildman–Crippen MR) is 56.9 cm³/mol. The van der Waals surface area contributed by atoms with Crippen LogP contribution in [0.1, 0.15) is 13.8 Å². The summed E-state index contributed by atoms with van der Waals surface area (Å²) in [4.78, 5) is 10.9. The summed E-state index contributed by atoms with van der Waals surface area (Å²) in [6, 6.07) is 0. The molecular weight excluding hydrogens is 192 g/mol. The Bertz CT molecular complexity index is 128. The van der Waals surface area contributed by atoms with Crippen LogP contribution in [0.2, 0.25) is 0 Å². The fourth-order valence-corrected chi connectivity index (χ4v) is 2.39. The van der Waals surface area contributed by atoms with Gasteiger partial charge in [0.25, 0.3) is 0 Å². The van der Waals surface area contributed by atoms with Crippen molar-refractivity contribution >= 4 is 29.5 Å². The van der Waals surface area contributed by atoms with Gasteiger partial charge in [-0.1, -0.05) is 6.92 Å². The molecule has 0 amide bonds. The lowest BCUT2D eigenvalue weighted by molar-refractivity contribution is -0.139. The lowest BCUT2D eigenvalue weighted by atomic mass is 10.5. The van der Waals surface area contributed by atoms with Crippen molar-refractivity contribution in [3.63, 3.8) is 0 Å². The quantitative estimate of drug-likeness (QED) is 0.493. The van der Waals surface area contributed by atoms with Crippen LogP contribution >= 0.6 is 23.5 Å². The molecule has 1 atom stereocenters. The van der Waals surface area contributed by atoms with Gasteiger partial charge in [-0.25, -0.2) is 0 Å². The van der Waals surface area contributed by atoms with Crippen molar-refractivity contribution < 1.29 is 9.53 Å². The van der Waals surface area contributed by atoms with Gasteiger partial charge in [0.2, 0.25) is 0 Å². The van der Waals surface area contributed by atoms with Gasteiger partial charge in [0.05, 0.1) is 12.4 Å². The van der Waals surface area contributed by atoms with E-state index in [1.807, 2.05) is 18.7 Å². The maximum atomic E-state index is 10.9. The van der Waals surface area contributed by atoms with E-state index in [4.69, 9.17) is 0 Å². The Morgan fingerprint density at radius 3 is 2.67 bits per heavy atom. The summed E-state index contributed by atoms with van der Waals surface area (Å²) in [5.41, 5.74) is 0. The Hall–Kier alpha value is 0.170. The number of ether oxygens (including phenoxy) is 1. The van der Waals surface area contributed by atoms with Gasteiger partial charge in [-0.05, 0) is 12.7 Å². The molecule has 0 bridgehead atoms. The van der Waals surface area contributed by atoms with Crippen molar-refractivity contribution in [1.29, 1.82) is 0 Å². The van der Waals surface area contributed by atoms with Crippen molar-refractivity contribution in [2.45, 2.75) is 19.1 Å². The maximum Gasteiger partial charge on any atom is 0.318 e. The monoisotopic (exact) mass is 208 g/mol. The van der Waals surface area contributed by atoms with E-state index in [2.05, 4.69) is 11.7 Å². The standard InChI is InChI=1S/C8H16O2S2/c1-4-11-5-6-12-7(2)8(9)10-3/h7H,4-6H2,1-3H3. The molecule has 0 aromatic carbocycles. The van der Waals surface area contributed by atoms with Gasteiger partial charge < -0.3 is 4.74 Å². The van der Waals surface area contributed by atoms with Gasteiger partial charge in [-0.15, -0.1) is 11.8 Å². The third-order valence-electron chi connectivity index (χ3n) is 1.33. The van der Waals surface area contributed by atoms with Crippen LogP contribution in [0.15, 0.2) is 0 Å². The molecule has 0 fully saturated rings. The highest BCUT2D eigenvalue weighted by molar-refractivity contribution is 8.03. The van der Waals surface area contributed by atoms with Crippen molar-refractivity contribution in [3.8, 4) is 0 Å². The first-order valence-corrected chi connectivity index (χ1v) is 6.19. The first kappa shape index (κ1) is 12.2. The van der Waals surface area contributed by atoms with Gasteiger partial charge in [-0.2, -0.15) is 11.8 Å². The molecular formula is C8H16O2S2. The van der Waals surface area contributed by atoms with Gasteiger partial charge in [-0.3, -0.25) is 4.79 Å². The number of methoxy groups -OCH3 is 1. The topological polar surface area (TPSA) is 26.3 Å². The van der Waals surface area contributed by atoms with E-state index in [0.29, 0.717) is 0 Å². The van der Waals surface area contributed by atoms with E-state index in [1.54, 1.807) is 11.8 Å². The number of rotatable bonds is 6. The van der Waals surface area contributed by atoms with E-state index >= 15 is 0 Å². The van der Waals surface area contributed by atoms with Crippen molar-refractivity contribution in [2.24, 2.45) is 0 Å². The number of esters is 1. The zero-order chi connectivity index (χ0) is 9.40. The second-order valence-corrected chi connectivity index (χ2v) is 5.08. The van der Waals surface area contributed by atoms with E-state index in [-0.39, 0.29) is 11.2 Å². The summed E-state index contributed by atoms with van der Waals surface area (Å²) in [7, 11) is 1.43. The Morgan fingerprint density at radius 2 is 2.17 bits per heavy atom. The van der Waals surface area contributed by atoms with Gasteiger partial charge >= 0.3 is 5.97 Å². The number of carbonyl (C=O) groups is 1. The van der Waals surface area contributed by atoms with Crippen LogP contribution in [0.5, 0.6) is 0 Å². The molecule has 0 spiro atoms. The van der Waals surface area contributed by atoms with Crippen LogP contribution in [0, 0.1) is 0 Å². The number of hydrogen-bond acceptors (Lipinski definition) is 4. The molecule has 12 heavy (non-hydrogen) atoms. The summed E-state index contributed by atoms with van der Waals surface area (Å²) in [5, 5.41) is -0.0209. The highest BCUT2D eigenvalue weighted by Gasteiger charge is 2.12. The van der Waals surface area contributed by atoms with Gasteiger partial charge in [0.1, 0.15) is 0 Å². The molecule has 0 N–H and O–H groups in total. The van der Waals surface area contributed by atoms with Crippen LogP contribution in [0.4, 0.5) is 0 Å². The molecule has 0 aliphatic heterocycles. The Morgan fingerprint density at radius 1 is 1.50 bits per heavy atom. The summed E-state index contributed by atoms with van der Waals surface area (Å²) in [5.74, 6) is 3.16. The van der Waals surface area contributed by atoms with Crippen LogP contribution in [0.3, 0.4) is 0 Å². The lowest BCUT2D eigenvalue weighted by Gasteiger charge is -2.07. The number of hydrogen-bond donors (Lipinski definition) is 0. The third kappa shape index (κ3) is 5.77. The number of carbonyl (C=O) groups excluding carboxylic acids is 1. The summed E-state index contributed by atoms with van der Waals surface area (Å²) in [6.45, 7) is 4.02. The SMILES string of the molecule is CCSCCSC(C)C(=O)OC. The van der Waals surface area contributed by atoms with E-state index in [1.165, 1.54) is 7.11 Å². The third-order valence-corrected chi connectivity index (χ3v) is 3.62. The first-order chi connectivity index (χ1) is 5.72. The average Bonchev–Trinajstić information content (AvgIpc) is 2.10. The summed E-state index contributed by atoms with van der Waals surface area (Å²) < 4.78 is 4.60. The van der Waals surface area contributed by atoms with Gasteiger partial charge in [0.15, 0.2) is 0 Å². The fraction of sp³-hybridized carbons (Fsp3) is 0.875. The molecule has 1 unspecified atom stereocenters. The molecule has 0 radical (unpaired) electrons. The largest absolute Gasteiger partial charge is 0.468 e. The second kappa shape index (κ2) is 7.80. The van der Waals surface area contributed by atoms with Crippen LogP contribution in [0.25, 0.3) is 0 Å². The van der Waals surface area contributed by atoms with Gasteiger partial charge in [0, 0.05) is 11.5 Å². The van der Waals surface area contributed by atoms with Crippen LogP contribution in [-0.4, -0.2) is 35.6 Å². The van der Waals surface area contributed by atoms with Crippen molar-refractivity contribution in [2.75, 3.05) is 24.4 Å². The Kier molecular flexibility index (Phi) is 7.91. The molecule has 0 aromatic rings. The molecule has 2 nitrogen and oxygen atoms in total. The maximum absolute atomic E-state index is 10.9. The second-order valence-electron chi connectivity index (χ2n) is 2.23. The highest BCUT2D eigenvalue weighted by atomic mass is 32.2. The Labute approximate surface area is 82.8 Å². The highest BCUT2D eigenvalue weighted by Crippen LogP contribution is 2.13. The van der Waals surface area contributed by atoms with Crippen molar-refractivity contribution in [1.82, 2.24) is 0 Å². The van der Waals surface area contributed by atoms with E-state index < -0.39 is 0 Å². The molecule has 0 aromatic heterocycles. The van der Waals surface area contributed by atoms with Crippen molar-refractivity contribution in [3.05, 3.63) is 0 Å². The Balaban J connectivity index is 3.31. The minimum absolute atomic E-state index is 0.0209. The zero-order valence-electron chi connectivity index (χ0n) is 7.83. The molecule has 72 valence electrons. The van der Waals surface area contributed by atoms with Crippen LogP contribution in [-0.2, 0) is 9.53 Å². The number of thioether (sulfide) groups is 2. The lowest BCUT2D eigenvalue weighted by Crippen LogP contribution is -2.15. The average molecular weight is 208 g/mol. The normalized spacial score (nSPS) is 12.6. The molecule has 0 aliphatic rings. The molecule has 0 rings (SSSR count). The molecule has 0 heterocycles. The summed E-state index contributed by atoms with van der Waals surface area (Å²) in [6.07, 6.45) is 0.